The second-order valence-electron chi connectivity index (χ2n) is 5.77. The van der Waals surface area contributed by atoms with Crippen molar-refractivity contribution in [2.24, 2.45) is 0 Å². The maximum atomic E-state index is 12.4. The Morgan fingerprint density at radius 3 is 2.76 bits per heavy atom. The summed E-state index contributed by atoms with van der Waals surface area (Å²) in [7, 11) is 0. The van der Waals surface area contributed by atoms with E-state index in [1.165, 1.54) is 25.7 Å². The van der Waals surface area contributed by atoms with Crippen molar-refractivity contribution >= 4 is 16.9 Å². The van der Waals surface area contributed by atoms with Gasteiger partial charge >= 0.3 is 0 Å². The van der Waals surface area contributed by atoms with Gasteiger partial charge in [0.25, 0.3) is 5.91 Å². The van der Waals surface area contributed by atoms with Crippen LogP contribution in [-0.2, 0) is 6.54 Å². The van der Waals surface area contributed by atoms with Crippen molar-refractivity contribution in [2.75, 3.05) is 0 Å². The highest BCUT2D eigenvalue weighted by atomic mass is 16.1. The molecule has 21 heavy (non-hydrogen) atoms. The van der Waals surface area contributed by atoms with Gasteiger partial charge in [0.2, 0.25) is 0 Å². The van der Waals surface area contributed by atoms with E-state index in [0.29, 0.717) is 11.6 Å². The second kappa shape index (κ2) is 6.24. The Labute approximate surface area is 124 Å². The monoisotopic (exact) mass is 286 g/mol. The van der Waals surface area contributed by atoms with Gasteiger partial charge in [0.15, 0.2) is 0 Å². The Kier molecular flexibility index (Phi) is 4.18. The molecule has 0 spiro atoms. The van der Waals surface area contributed by atoms with Crippen LogP contribution in [0.2, 0.25) is 0 Å². The van der Waals surface area contributed by atoms with Crippen LogP contribution in [0.3, 0.4) is 0 Å². The van der Waals surface area contributed by atoms with Gasteiger partial charge < -0.3 is 5.32 Å². The summed E-state index contributed by atoms with van der Waals surface area (Å²) in [4.78, 5) is 12.4. The van der Waals surface area contributed by atoms with Gasteiger partial charge in [-0.25, -0.2) is 4.68 Å². The van der Waals surface area contributed by atoms with Gasteiger partial charge in [0, 0.05) is 18.2 Å². The van der Waals surface area contributed by atoms with Crippen LogP contribution in [0.5, 0.6) is 0 Å². The Bertz CT molecular complexity index is 626. The van der Waals surface area contributed by atoms with Crippen molar-refractivity contribution in [1.29, 1.82) is 0 Å². The number of benzene rings is 1. The van der Waals surface area contributed by atoms with Gasteiger partial charge in [0.1, 0.15) is 5.52 Å². The predicted octanol–water partition coefficient (Wildman–Crippen LogP) is 2.90. The van der Waals surface area contributed by atoms with E-state index in [9.17, 15) is 4.79 Å². The van der Waals surface area contributed by atoms with Crippen LogP contribution in [-0.4, -0.2) is 26.9 Å². The summed E-state index contributed by atoms with van der Waals surface area (Å²) in [5, 5.41) is 11.4. The van der Waals surface area contributed by atoms with Crippen molar-refractivity contribution in [3.63, 3.8) is 0 Å². The first-order valence-corrected chi connectivity index (χ1v) is 7.92. The zero-order valence-corrected chi connectivity index (χ0v) is 12.5. The highest BCUT2D eigenvalue weighted by Crippen LogP contribution is 2.18. The molecule has 5 heteroatoms. The summed E-state index contributed by atoms with van der Waals surface area (Å²) in [6, 6.07) is 5.95. The predicted molar refractivity (Wildman–Crippen MR) is 82.2 cm³/mol. The number of aryl methyl sites for hydroxylation is 1. The molecule has 0 aliphatic heterocycles. The zero-order valence-electron chi connectivity index (χ0n) is 12.5. The summed E-state index contributed by atoms with van der Waals surface area (Å²) in [5.41, 5.74) is 2.43. The molecular weight excluding hydrogens is 264 g/mol. The first-order chi connectivity index (χ1) is 10.3. The van der Waals surface area contributed by atoms with Gasteiger partial charge in [0.05, 0.1) is 5.52 Å². The number of carbonyl (C=O) groups is 1. The maximum absolute atomic E-state index is 12.4. The third kappa shape index (κ3) is 3.06. The molecule has 0 atom stereocenters. The van der Waals surface area contributed by atoms with E-state index in [0.717, 1.165) is 30.4 Å². The number of rotatable bonds is 3. The van der Waals surface area contributed by atoms with E-state index in [1.54, 1.807) is 0 Å². The van der Waals surface area contributed by atoms with E-state index in [1.807, 2.05) is 29.8 Å². The SMILES string of the molecule is CCn1nnc2cc(C(=O)NC3CCCCCC3)ccc21. The second-order valence-corrected chi connectivity index (χ2v) is 5.77. The summed E-state index contributed by atoms with van der Waals surface area (Å²) < 4.78 is 1.84. The van der Waals surface area contributed by atoms with Crippen LogP contribution in [0.15, 0.2) is 18.2 Å². The van der Waals surface area contributed by atoms with Crippen molar-refractivity contribution < 1.29 is 4.79 Å². The van der Waals surface area contributed by atoms with Crippen LogP contribution < -0.4 is 5.32 Å². The molecule has 5 nitrogen and oxygen atoms in total. The number of amides is 1. The molecule has 1 aromatic heterocycles. The lowest BCUT2D eigenvalue weighted by Crippen LogP contribution is -2.34. The third-order valence-corrected chi connectivity index (χ3v) is 4.27. The van der Waals surface area contributed by atoms with E-state index in [4.69, 9.17) is 0 Å². The number of nitrogens with zero attached hydrogens (tertiary/aromatic N) is 3. The fraction of sp³-hybridized carbons (Fsp3) is 0.562. The highest BCUT2D eigenvalue weighted by molar-refractivity contribution is 5.97. The van der Waals surface area contributed by atoms with Gasteiger partial charge in [-0.3, -0.25) is 4.79 Å². The molecule has 3 rings (SSSR count). The summed E-state index contributed by atoms with van der Waals surface area (Å²) in [6.07, 6.45) is 7.21. The molecule has 0 saturated heterocycles. The zero-order chi connectivity index (χ0) is 14.7. The number of hydrogen-bond acceptors (Lipinski definition) is 3. The average molecular weight is 286 g/mol. The van der Waals surface area contributed by atoms with Crippen LogP contribution >= 0.6 is 0 Å². The summed E-state index contributed by atoms with van der Waals surface area (Å²) >= 11 is 0. The van der Waals surface area contributed by atoms with Crippen molar-refractivity contribution in [3.8, 4) is 0 Å². The molecule has 2 aromatic rings. The molecule has 0 unspecified atom stereocenters. The number of carbonyl (C=O) groups excluding carboxylic acids is 1. The lowest BCUT2D eigenvalue weighted by atomic mass is 10.1. The third-order valence-electron chi connectivity index (χ3n) is 4.27. The maximum Gasteiger partial charge on any atom is 0.251 e. The van der Waals surface area contributed by atoms with E-state index >= 15 is 0 Å². The van der Waals surface area contributed by atoms with E-state index < -0.39 is 0 Å². The lowest BCUT2D eigenvalue weighted by Gasteiger charge is -2.16. The normalized spacial score (nSPS) is 16.8. The largest absolute Gasteiger partial charge is 0.349 e. The lowest BCUT2D eigenvalue weighted by molar-refractivity contribution is 0.0933. The topological polar surface area (TPSA) is 59.8 Å². The quantitative estimate of drug-likeness (QED) is 0.883. The molecule has 0 bridgehead atoms. The summed E-state index contributed by atoms with van der Waals surface area (Å²) in [6.45, 7) is 2.81. The summed E-state index contributed by atoms with van der Waals surface area (Å²) in [5.74, 6) is 0.00912. The standard InChI is InChI=1S/C16H22N4O/c1-2-20-15-10-9-12(11-14(15)18-19-20)16(21)17-13-7-5-3-4-6-8-13/h9-11,13H,2-8H2,1H3,(H,17,21). The highest BCUT2D eigenvalue weighted by Gasteiger charge is 2.16. The Morgan fingerprint density at radius 1 is 1.29 bits per heavy atom. The van der Waals surface area contributed by atoms with E-state index in [2.05, 4.69) is 15.6 Å². The average Bonchev–Trinajstić information content (AvgIpc) is 2.74. The first kappa shape index (κ1) is 14.0. The molecule has 1 aliphatic carbocycles. The van der Waals surface area contributed by atoms with Gasteiger partial charge in [-0.1, -0.05) is 30.9 Å². The molecule has 112 valence electrons. The van der Waals surface area contributed by atoms with Crippen LogP contribution in [0.4, 0.5) is 0 Å². The number of fused-ring (bicyclic) bond motifs is 1. The number of aromatic nitrogens is 3. The molecular formula is C16H22N4O. The van der Waals surface area contributed by atoms with Crippen molar-refractivity contribution in [3.05, 3.63) is 23.8 Å². The van der Waals surface area contributed by atoms with Crippen LogP contribution in [0.25, 0.3) is 11.0 Å². The molecule has 1 heterocycles. The molecule has 0 radical (unpaired) electrons. The molecule has 1 fully saturated rings. The first-order valence-electron chi connectivity index (χ1n) is 7.92. The van der Waals surface area contributed by atoms with E-state index in [-0.39, 0.29) is 5.91 Å². The minimum absolute atomic E-state index is 0.00912. The fourth-order valence-electron chi connectivity index (χ4n) is 3.04. The van der Waals surface area contributed by atoms with Crippen molar-refractivity contribution in [2.45, 2.75) is 58.0 Å². The van der Waals surface area contributed by atoms with Gasteiger partial charge in [-0.2, -0.15) is 0 Å². The molecule has 1 saturated carbocycles. The molecule has 1 aliphatic rings. The van der Waals surface area contributed by atoms with Gasteiger partial charge in [-0.15, -0.1) is 5.10 Å². The van der Waals surface area contributed by atoms with Crippen LogP contribution in [0.1, 0.15) is 55.8 Å². The molecule has 1 aromatic carbocycles. The minimum Gasteiger partial charge on any atom is -0.349 e. The Hall–Kier alpha value is -1.91. The number of hydrogen-bond donors (Lipinski definition) is 1. The molecule has 1 N–H and O–H groups in total. The van der Waals surface area contributed by atoms with Crippen molar-refractivity contribution in [1.82, 2.24) is 20.3 Å². The fourth-order valence-corrected chi connectivity index (χ4v) is 3.04. The van der Waals surface area contributed by atoms with Gasteiger partial charge in [-0.05, 0) is 38.0 Å². The van der Waals surface area contributed by atoms with Crippen LogP contribution in [0, 0.1) is 0 Å². The Balaban J connectivity index is 1.74. The molecule has 1 amide bonds. The minimum atomic E-state index is 0.00912. The smallest absolute Gasteiger partial charge is 0.251 e. The number of nitrogens with one attached hydrogen (secondary N) is 1. The Morgan fingerprint density at radius 2 is 2.05 bits per heavy atom.